The largest absolute Gasteiger partial charge is 0.476 e. The van der Waals surface area contributed by atoms with Crippen LogP contribution >= 0.6 is 9.24 Å². The maximum absolute atomic E-state index is 13.2. The number of fused-ring (bicyclic) bond motifs is 1. The number of hydrogen-bond donors (Lipinski definition) is 4. The number of imidazole rings is 1. The molecule has 0 bridgehead atoms. The molecule has 0 saturated carbocycles. The van der Waals surface area contributed by atoms with E-state index >= 15 is 0 Å². The number of aliphatic carboxylic acids is 1. The maximum atomic E-state index is 13.2. The number of carbonyl (C=O) groups is 2. The Labute approximate surface area is 261 Å². The van der Waals surface area contributed by atoms with E-state index in [2.05, 4.69) is 37.5 Å². The van der Waals surface area contributed by atoms with E-state index in [1.165, 1.54) is 16.5 Å². The number of hydrogen-bond acceptors (Lipinski definition) is 6. The maximum Gasteiger partial charge on any atom is 0.355 e. The van der Waals surface area contributed by atoms with Crippen molar-refractivity contribution >= 4 is 37.8 Å². The van der Waals surface area contributed by atoms with E-state index in [0.717, 1.165) is 23.0 Å². The molecule has 0 fully saturated rings. The molecule has 1 aliphatic rings. The number of carboxylic acid groups (broad SMARTS) is 2. The Kier molecular flexibility index (Phi) is 10.5. The van der Waals surface area contributed by atoms with Gasteiger partial charge in [0.2, 0.25) is 0 Å². The molecule has 0 radical (unpaired) electrons. The van der Waals surface area contributed by atoms with Gasteiger partial charge in [0, 0.05) is 37.4 Å². The molecule has 3 heterocycles. The van der Waals surface area contributed by atoms with E-state index in [-0.39, 0.29) is 17.9 Å². The summed E-state index contributed by atoms with van der Waals surface area (Å²) in [6.07, 6.45) is 9.78. The number of carboxylic acids is 2. The summed E-state index contributed by atoms with van der Waals surface area (Å²) >= 11 is 0. The summed E-state index contributed by atoms with van der Waals surface area (Å²) in [5, 5.41) is 26.2. The molecule has 0 aliphatic carbocycles. The number of pyridine rings is 1. The van der Waals surface area contributed by atoms with Gasteiger partial charge in [0.15, 0.2) is 23.0 Å². The molecule has 0 amide bonds. The van der Waals surface area contributed by atoms with E-state index in [4.69, 9.17) is 0 Å². The number of aryl methyl sites for hydroxylation is 1. The van der Waals surface area contributed by atoms with Gasteiger partial charge in [0.25, 0.3) is 0 Å². The highest BCUT2D eigenvalue weighted by Crippen LogP contribution is 2.23. The van der Waals surface area contributed by atoms with E-state index in [1.54, 1.807) is 60.3 Å². The van der Waals surface area contributed by atoms with Crippen molar-refractivity contribution < 1.29 is 28.6 Å². The Morgan fingerprint density at radius 2 is 1.78 bits per heavy atom. The van der Waals surface area contributed by atoms with Gasteiger partial charge in [-0.1, -0.05) is 42.5 Å². The van der Waals surface area contributed by atoms with E-state index in [0.29, 0.717) is 34.8 Å². The molecule has 2 aromatic heterocycles. The molecule has 1 atom stereocenters. The summed E-state index contributed by atoms with van der Waals surface area (Å²) in [6, 6.07) is 13.2. The van der Waals surface area contributed by atoms with Gasteiger partial charge in [0.1, 0.15) is 5.65 Å². The van der Waals surface area contributed by atoms with Crippen LogP contribution in [0.3, 0.4) is 0 Å². The van der Waals surface area contributed by atoms with Crippen LogP contribution in [0.25, 0.3) is 5.65 Å². The van der Waals surface area contributed by atoms with Crippen molar-refractivity contribution in [2.24, 2.45) is 0 Å². The van der Waals surface area contributed by atoms with Crippen LogP contribution in [0, 0.1) is 18.6 Å². The minimum atomic E-state index is -1.12. The lowest BCUT2D eigenvalue weighted by atomic mass is 10.1. The summed E-state index contributed by atoms with van der Waals surface area (Å²) in [5.74, 6) is -3.98. The molecule has 12 heteroatoms. The van der Waals surface area contributed by atoms with Gasteiger partial charge in [-0.25, -0.2) is 23.4 Å². The number of aromatic carboxylic acids is 1. The van der Waals surface area contributed by atoms with Crippen molar-refractivity contribution in [3.8, 4) is 0 Å². The molecule has 232 valence electrons. The van der Waals surface area contributed by atoms with Crippen LogP contribution in [0.4, 0.5) is 14.5 Å². The molecule has 4 N–H and O–H groups in total. The van der Waals surface area contributed by atoms with E-state index in [1.807, 2.05) is 19.1 Å². The van der Waals surface area contributed by atoms with Crippen molar-refractivity contribution in [3.63, 3.8) is 0 Å². The summed E-state index contributed by atoms with van der Waals surface area (Å²) in [4.78, 5) is 28.7. The SMILES string of the molecule is C=C1C=CC(NCc2ccc(F)c(F)c2)=C(C(=O)O)N1/C=C\C.Cc1ccc(CNc2ccc3nccn3c2C(=O)O)c(P)c1. The zero-order valence-corrected chi connectivity index (χ0v) is 25.7. The van der Waals surface area contributed by atoms with Gasteiger partial charge in [-0.05, 0) is 66.7 Å². The Balaban J connectivity index is 0.000000205. The molecule has 5 rings (SSSR count). The number of anilines is 1. The first kappa shape index (κ1) is 32.6. The number of nitrogens with one attached hydrogen (secondary N) is 2. The second-order valence-electron chi connectivity index (χ2n) is 9.96. The zero-order chi connectivity index (χ0) is 32.7. The average Bonchev–Trinajstić information content (AvgIpc) is 3.47. The van der Waals surface area contributed by atoms with Gasteiger partial charge in [-0.3, -0.25) is 4.40 Å². The zero-order valence-electron chi connectivity index (χ0n) is 24.6. The van der Waals surface area contributed by atoms with Gasteiger partial charge in [-0.2, -0.15) is 0 Å². The van der Waals surface area contributed by atoms with Crippen molar-refractivity contribution in [3.05, 3.63) is 143 Å². The Bertz CT molecular complexity index is 1870. The number of aromatic nitrogens is 2. The highest BCUT2D eigenvalue weighted by Gasteiger charge is 2.23. The highest BCUT2D eigenvalue weighted by atomic mass is 31.0. The first-order chi connectivity index (χ1) is 21.5. The van der Waals surface area contributed by atoms with Gasteiger partial charge >= 0.3 is 11.9 Å². The fraction of sp³-hybridized carbons (Fsp3) is 0.121. The molecule has 45 heavy (non-hydrogen) atoms. The Morgan fingerprint density at radius 3 is 2.44 bits per heavy atom. The second-order valence-corrected chi connectivity index (χ2v) is 10.6. The molecule has 4 aromatic rings. The van der Waals surface area contributed by atoms with Crippen LogP contribution in [0.5, 0.6) is 0 Å². The summed E-state index contributed by atoms with van der Waals surface area (Å²) in [6.45, 7) is 8.31. The summed E-state index contributed by atoms with van der Waals surface area (Å²) in [5.41, 5.74) is 5.05. The predicted octanol–water partition coefficient (Wildman–Crippen LogP) is 5.72. The van der Waals surface area contributed by atoms with Gasteiger partial charge < -0.3 is 25.7 Å². The third-order valence-corrected chi connectivity index (χ3v) is 7.29. The van der Waals surface area contributed by atoms with Crippen LogP contribution in [0.15, 0.2) is 109 Å². The van der Waals surface area contributed by atoms with Crippen LogP contribution < -0.4 is 15.9 Å². The van der Waals surface area contributed by atoms with E-state index in [9.17, 15) is 28.6 Å². The minimum absolute atomic E-state index is 0.0122. The smallest absolute Gasteiger partial charge is 0.355 e. The second kappa shape index (κ2) is 14.5. The van der Waals surface area contributed by atoms with Crippen LogP contribution in [0.2, 0.25) is 0 Å². The molecule has 2 aromatic carbocycles. The molecular weight excluding hydrogens is 599 g/mol. The minimum Gasteiger partial charge on any atom is -0.476 e. The quantitative estimate of drug-likeness (QED) is 0.173. The molecule has 0 saturated heterocycles. The predicted molar refractivity (Wildman–Crippen MR) is 173 cm³/mol. The molecule has 1 unspecified atom stereocenters. The number of benzene rings is 2. The number of halogens is 2. The van der Waals surface area contributed by atoms with Gasteiger partial charge in [-0.15, -0.1) is 9.24 Å². The fourth-order valence-corrected chi connectivity index (χ4v) is 5.02. The standard InChI is InChI=1S/C17H16F2N2O2.C16H16N3O2P/c1-3-8-21-11(2)4-7-15(16(21)17(22)23)20-10-12-5-6-13(18)14(19)9-12;1-10-2-3-11(13(22)8-10)9-18-12-4-5-14-17-6-7-19(14)15(12)16(20)21/h3-9,20H,2,10H2,1H3,(H,22,23);2-8,18H,9,22H2,1H3,(H,20,21)/b8-3-;. The highest BCUT2D eigenvalue weighted by molar-refractivity contribution is 7.27. The molecule has 0 spiro atoms. The van der Waals surface area contributed by atoms with Crippen LogP contribution in [-0.4, -0.2) is 36.4 Å². The summed E-state index contributed by atoms with van der Waals surface area (Å²) in [7, 11) is 2.71. The van der Waals surface area contributed by atoms with Crippen molar-refractivity contribution in [2.45, 2.75) is 26.9 Å². The molecule has 9 nitrogen and oxygen atoms in total. The number of nitrogens with zero attached hydrogens (tertiary/aromatic N) is 3. The topological polar surface area (TPSA) is 119 Å². The number of allylic oxidation sites excluding steroid dienone is 3. The van der Waals surface area contributed by atoms with Crippen molar-refractivity contribution in [2.75, 3.05) is 5.32 Å². The lowest BCUT2D eigenvalue weighted by molar-refractivity contribution is -0.134. The van der Waals surface area contributed by atoms with Crippen molar-refractivity contribution in [1.29, 1.82) is 0 Å². The third kappa shape index (κ3) is 7.82. The fourth-order valence-electron chi connectivity index (χ4n) is 4.56. The lowest BCUT2D eigenvalue weighted by Crippen LogP contribution is -2.29. The monoisotopic (exact) mass is 631 g/mol. The Morgan fingerprint density at radius 1 is 1.00 bits per heavy atom. The van der Waals surface area contributed by atoms with Crippen LogP contribution in [-0.2, 0) is 17.9 Å². The van der Waals surface area contributed by atoms with Gasteiger partial charge in [0.05, 0.1) is 11.4 Å². The first-order valence-corrected chi connectivity index (χ1v) is 14.3. The molecule has 1 aliphatic heterocycles. The van der Waals surface area contributed by atoms with Crippen LogP contribution in [0.1, 0.15) is 34.1 Å². The molecular formula is C33H32F2N5O4P. The normalized spacial score (nSPS) is 12.8. The lowest BCUT2D eigenvalue weighted by Gasteiger charge is -2.27. The third-order valence-electron chi connectivity index (χ3n) is 6.75. The Hall–Kier alpha value is -5.28. The van der Waals surface area contributed by atoms with Crippen molar-refractivity contribution in [1.82, 2.24) is 19.6 Å². The average molecular weight is 632 g/mol. The summed E-state index contributed by atoms with van der Waals surface area (Å²) < 4.78 is 27.7. The first-order valence-electron chi connectivity index (χ1n) is 13.7. The number of rotatable bonds is 9. The van der Waals surface area contributed by atoms with E-state index < -0.39 is 23.6 Å².